The molecule has 1 N–H and O–H groups in total. The molecule has 0 bridgehead atoms. The molecule has 2 aromatic carbocycles. The molecule has 0 saturated carbocycles. The van der Waals surface area contributed by atoms with Crippen LogP contribution in [0, 0.1) is 12.7 Å². The van der Waals surface area contributed by atoms with Gasteiger partial charge in [-0.05, 0) is 54.1 Å². The van der Waals surface area contributed by atoms with Gasteiger partial charge in [-0.3, -0.25) is 4.79 Å². The third-order valence-electron chi connectivity index (χ3n) is 4.10. The summed E-state index contributed by atoms with van der Waals surface area (Å²) < 4.78 is 38.7. The summed E-state index contributed by atoms with van der Waals surface area (Å²) in [5, 5.41) is 14.4. The molecule has 0 aliphatic carbocycles. The average molecular weight is 418 g/mol. The Morgan fingerprint density at radius 3 is 2.52 bits per heavy atom. The Morgan fingerprint density at radius 1 is 1.17 bits per heavy atom. The van der Waals surface area contributed by atoms with Gasteiger partial charge < -0.3 is 5.32 Å². The minimum Gasteiger partial charge on any atom is -0.324 e. The van der Waals surface area contributed by atoms with Crippen LogP contribution < -0.4 is 5.32 Å². The highest BCUT2D eigenvalue weighted by molar-refractivity contribution is 7.89. The van der Waals surface area contributed by atoms with E-state index in [0.717, 1.165) is 9.10 Å². The summed E-state index contributed by atoms with van der Waals surface area (Å²) >= 11 is 0. The molecule has 1 amide bonds. The van der Waals surface area contributed by atoms with Gasteiger partial charge in [0.15, 0.2) is 0 Å². The summed E-state index contributed by atoms with van der Waals surface area (Å²) in [5.74, 6) is -0.571. The molecule has 0 aliphatic rings. The third-order valence-corrected chi connectivity index (χ3v) is 5.91. The number of amides is 1. The van der Waals surface area contributed by atoms with Crippen LogP contribution in [0.1, 0.15) is 5.56 Å². The SMILES string of the molecule is Cc1ccc(S(=O)(=O)N(C)C)cc1NC(=O)Cn1nnc(-c2ccc(F)cc2)n1. The number of carbonyl (C=O) groups is 1. The van der Waals surface area contributed by atoms with Crippen molar-refractivity contribution in [1.29, 1.82) is 0 Å². The molecule has 0 fully saturated rings. The van der Waals surface area contributed by atoms with E-state index in [4.69, 9.17) is 0 Å². The van der Waals surface area contributed by atoms with Crippen molar-refractivity contribution in [2.24, 2.45) is 0 Å². The van der Waals surface area contributed by atoms with Crippen molar-refractivity contribution in [3.63, 3.8) is 0 Å². The highest BCUT2D eigenvalue weighted by Gasteiger charge is 2.19. The monoisotopic (exact) mass is 418 g/mol. The van der Waals surface area contributed by atoms with Gasteiger partial charge in [0.05, 0.1) is 4.90 Å². The van der Waals surface area contributed by atoms with Gasteiger partial charge in [-0.15, -0.1) is 10.2 Å². The summed E-state index contributed by atoms with van der Waals surface area (Å²) in [6, 6.07) is 10.1. The molecule has 0 radical (unpaired) electrons. The number of anilines is 1. The molecule has 0 saturated heterocycles. The maximum absolute atomic E-state index is 13.0. The van der Waals surface area contributed by atoms with Crippen molar-refractivity contribution in [3.8, 4) is 11.4 Å². The first-order valence-electron chi connectivity index (χ1n) is 8.53. The van der Waals surface area contributed by atoms with Crippen molar-refractivity contribution in [2.45, 2.75) is 18.4 Å². The molecule has 3 rings (SSSR count). The lowest BCUT2D eigenvalue weighted by atomic mass is 10.2. The first kappa shape index (κ1) is 20.6. The Labute approximate surface area is 167 Å². The van der Waals surface area contributed by atoms with Crippen LogP contribution in [0.5, 0.6) is 0 Å². The van der Waals surface area contributed by atoms with Crippen molar-refractivity contribution in [2.75, 3.05) is 19.4 Å². The number of nitrogens with zero attached hydrogens (tertiary/aromatic N) is 5. The summed E-state index contributed by atoms with van der Waals surface area (Å²) in [5.41, 5.74) is 1.64. The van der Waals surface area contributed by atoms with Crippen LogP contribution in [0.2, 0.25) is 0 Å². The third kappa shape index (κ3) is 4.63. The Kier molecular flexibility index (Phi) is 5.71. The highest BCUT2D eigenvalue weighted by atomic mass is 32.2. The highest BCUT2D eigenvalue weighted by Crippen LogP contribution is 2.22. The van der Waals surface area contributed by atoms with Gasteiger partial charge in [-0.2, -0.15) is 4.80 Å². The van der Waals surface area contributed by atoms with Crippen molar-refractivity contribution in [1.82, 2.24) is 24.5 Å². The molecule has 11 heteroatoms. The van der Waals surface area contributed by atoms with E-state index in [1.165, 1.54) is 50.5 Å². The Hall–Kier alpha value is -3.18. The van der Waals surface area contributed by atoms with Crippen LogP contribution in [0.3, 0.4) is 0 Å². The number of hydrogen-bond donors (Lipinski definition) is 1. The molecule has 0 aliphatic heterocycles. The number of sulfonamides is 1. The van der Waals surface area contributed by atoms with Crippen LogP contribution in [-0.4, -0.2) is 52.9 Å². The molecule has 9 nitrogen and oxygen atoms in total. The number of aromatic nitrogens is 4. The summed E-state index contributed by atoms with van der Waals surface area (Å²) in [4.78, 5) is 13.5. The first-order chi connectivity index (χ1) is 13.7. The minimum atomic E-state index is -3.63. The lowest BCUT2D eigenvalue weighted by Gasteiger charge is -2.14. The number of hydrogen-bond acceptors (Lipinski definition) is 6. The van der Waals surface area contributed by atoms with E-state index in [2.05, 4.69) is 20.7 Å². The van der Waals surface area contributed by atoms with E-state index in [1.54, 1.807) is 13.0 Å². The quantitative estimate of drug-likeness (QED) is 0.652. The molecule has 152 valence electrons. The van der Waals surface area contributed by atoms with Crippen LogP contribution in [-0.2, 0) is 21.4 Å². The number of benzene rings is 2. The van der Waals surface area contributed by atoms with Gasteiger partial charge in [-0.25, -0.2) is 17.1 Å². The van der Waals surface area contributed by atoms with Gasteiger partial charge in [0.2, 0.25) is 21.8 Å². The molecular weight excluding hydrogens is 399 g/mol. The summed E-state index contributed by atoms with van der Waals surface area (Å²) in [6.07, 6.45) is 0. The van der Waals surface area contributed by atoms with Crippen LogP contribution >= 0.6 is 0 Å². The largest absolute Gasteiger partial charge is 0.324 e. The maximum Gasteiger partial charge on any atom is 0.248 e. The second kappa shape index (κ2) is 8.05. The van der Waals surface area contributed by atoms with Crippen molar-refractivity contribution < 1.29 is 17.6 Å². The Morgan fingerprint density at radius 2 is 1.86 bits per heavy atom. The molecule has 1 aromatic heterocycles. The minimum absolute atomic E-state index is 0.0703. The van der Waals surface area contributed by atoms with Crippen molar-refractivity contribution in [3.05, 3.63) is 53.8 Å². The number of aryl methyl sites for hydroxylation is 1. The number of halogens is 1. The Balaban J connectivity index is 1.74. The molecule has 29 heavy (non-hydrogen) atoms. The number of carbonyl (C=O) groups excluding carboxylic acids is 1. The predicted octanol–water partition coefficient (Wildman–Crippen LogP) is 1.68. The number of tetrazole rings is 1. The van der Waals surface area contributed by atoms with E-state index >= 15 is 0 Å². The fourth-order valence-electron chi connectivity index (χ4n) is 2.45. The lowest BCUT2D eigenvalue weighted by Crippen LogP contribution is -2.23. The van der Waals surface area contributed by atoms with Gasteiger partial charge in [-0.1, -0.05) is 6.07 Å². The zero-order valence-corrected chi connectivity index (χ0v) is 16.8. The standard InChI is InChI=1S/C18H19FN6O3S/c1-12-4-9-15(29(27,28)24(2)3)10-16(12)20-17(26)11-25-22-18(21-23-25)13-5-7-14(19)8-6-13/h4-10H,11H2,1-3H3,(H,20,26). The lowest BCUT2D eigenvalue weighted by molar-refractivity contribution is -0.117. The van der Waals surface area contributed by atoms with Crippen LogP contribution in [0.25, 0.3) is 11.4 Å². The first-order valence-corrected chi connectivity index (χ1v) is 9.97. The van der Waals surface area contributed by atoms with Gasteiger partial charge in [0, 0.05) is 25.3 Å². The average Bonchev–Trinajstić information content (AvgIpc) is 3.12. The van der Waals surface area contributed by atoms with E-state index in [0.29, 0.717) is 16.8 Å². The molecule has 0 spiro atoms. The Bertz CT molecular complexity index is 1140. The summed E-state index contributed by atoms with van der Waals surface area (Å²) in [7, 11) is -0.760. The summed E-state index contributed by atoms with van der Waals surface area (Å²) in [6.45, 7) is 1.53. The molecule has 3 aromatic rings. The normalized spacial score (nSPS) is 11.6. The van der Waals surface area contributed by atoms with Gasteiger partial charge in [0.1, 0.15) is 12.4 Å². The smallest absolute Gasteiger partial charge is 0.248 e. The van der Waals surface area contributed by atoms with E-state index < -0.39 is 15.9 Å². The molecular formula is C18H19FN6O3S. The molecule has 0 atom stereocenters. The van der Waals surface area contributed by atoms with Gasteiger partial charge in [0.25, 0.3) is 0 Å². The molecule has 0 unspecified atom stereocenters. The van der Waals surface area contributed by atoms with E-state index in [9.17, 15) is 17.6 Å². The topological polar surface area (TPSA) is 110 Å². The number of nitrogens with one attached hydrogen (secondary N) is 1. The fraction of sp³-hybridized carbons (Fsp3) is 0.222. The predicted molar refractivity (Wildman–Crippen MR) is 104 cm³/mol. The van der Waals surface area contributed by atoms with Crippen molar-refractivity contribution >= 4 is 21.6 Å². The van der Waals surface area contributed by atoms with E-state index in [-0.39, 0.29) is 23.1 Å². The zero-order chi connectivity index (χ0) is 21.2. The second-order valence-corrected chi connectivity index (χ2v) is 8.61. The van der Waals surface area contributed by atoms with E-state index in [1.807, 2.05) is 0 Å². The molecule has 1 heterocycles. The zero-order valence-electron chi connectivity index (χ0n) is 16.0. The fourth-order valence-corrected chi connectivity index (χ4v) is 3.38. The maximum atomic E-state index is 13.0. The van der Waals surface area contributed by atoms with Gasteiger partial charge >= 0.3 is 0 Å². The second-order valence-electron chi connectivity index (χ2n) is 6.46. The van der Waals surface area contributed by atoms with Crippen LogP contribution in [0.15, 0.2) is 47.4 Å². The number of rotatable bonds is 6. The van der Waals surface area contributed by atoms with Crippen LogP contribution in [0.4, 0.5) is 10.1 Å².